The molecule has 1 aliphatic heterocycles. The monoisotopic (exact) mass is 453 g/mol. The van der Waals surface area contributed by atoms with Gasteiger partial charge >= 0.3 is 0 Å². The topological polar surface area (TPSA) is 112 Å². The number of methoxy groups -OCH3 is 3. The molecule has 1 spiro atoms. The SMILES string of the molecule is CCN1C[C@]2(COC)CC[C@H](O)[C@@]34[C@@H]5C[C@@H]6[C@H](O)[C@@H]5[C@](O)([C@H]([C@@H](OC)[C@@H]23)[C@H]14)[C@@H](O)[C@H]6OC. The van der Waals surface area contributed by atoms with Crippen LogP contribution in [0.2, 0.25) is 0 Å². The molecular formula is C24H39NO7. The van der Waals surface area contributed by atoms with E-state index in [2.05, 4.69) is 11.8 Å². The van der Waals surface area contributed by atoms with E-state index in [0.29, 0.717) is 19.4 Å². The van der Waals surface area contributed by atoms with Crippen molar-refractivity contribution in [1.29, 1.82) is 0 Å². The third-order valence-corrected chi connectivity index (χ3v) is 11.2. The highest BCUT2D eigenvalue weighted by atomic mass is 16.5. The third kappa shape index (κ3) is 2.07. The molecule has 32 heavy (non-hydrogen) atoms. The first kappa shape index (κ1) is 22.2. The lowest BCUT2D eigenvalue weighted by atomic mass is 9.43. The first-order valence-electron chi connectivity index (χ1n) is 12.3. The molecule has 0 aromatic rings. The molecule has 1 heterocycles. The summed E-state index contributed by atoms with van der Waals surface area (Å²) in [7, 11) is 4.98. The minimum Gasteiger partial charge on any atom is -0.392 e. The van der Waals surface area contributed by atoms with Crippen LogP contribution in [0.3, 0.4) is 0 Å². The lowest BCUT2D eigenvalue weighted by molar-refractivity contribution is -0.297. The van der Waals surface area contributed by atoms with Gasteiger partial charge in [0.1, 0.15) is 11.7 Å². The maximum Gasteiger partial charge on any atom is 0.110 e. The Balaban J connectivity index is 1.64. The number of nitrogens with zero attached hydrogens (tertiary/aromatic N) is 1. The molecule has 8 nitrogen and oxygen atoms in total. The molecule has 6 rings (SSSR count). The van der Waals surface area contributed by atoms with Gasteiger partial charge in [0.25, 0.3) is 0 Å². The molecule has 1 saturated heterocycles. The van der Waals surface area contributed by atoms with E-state index < -0.39 is 47.3 Å². The van der Waals surface area contributed by atoms with Crippen molar-refractivity contribution in [3.05, 3.63) is 0 Å². The van der Waals surface area contributed by atoms with Crippen molar-refractivity contribution in [2.75, 3.05) is 41.0 Å². The van der Waals surface area contributed by atoms with E-state index in [1.54, 1.807) is 21.3 Å². The molecule has 182 valence electrons. The summed E-state index contributed by atoms with van der Waals surface area (Å²) in [6.07, 6.45) is -1.22. The second-order valence-electron chi connectivity index (χ2n) is 11.6. The van der Waals surface area contributed by atoms with Gasteiger partial charge in [-0.05, 0) is 31.7 Å². The van der Waals surface area contributed by atoms with E-state index >= 15 is 0 Å². The Morgan fingerprint density at radius 3 is 2.38 bits per heavy atom. The number of fused-ring (bicyclic) bond motifs is 2. The smallest absolute Gasteiger partial charge is 0.110 e. The number of aliphatic hydroxyl groups excluding tert-OH is 3. The largest absolute Gasteiger partial charge is 0.392 e. The van der Waals surface area contributed by atoms with Gasteiger partial charge in [-0.2, -0.15) is 0 Å². The van der Waals surface area contributed by atoms with Gasteiger partial charge in [-0.25, -0.2) is 0 Å². The summed E-state index contributed by atoms with van der Waals surface area (Å²) in [6, 6.07) is -0.120. The molecule has 0 radical (unpaired) electrons. The minimum absolute atomic E-state index is 0.000250. The van der Waals surface area contributed by atoms with E-state index in [9.17, 15) is 20.4 Å². The number of hydrogen-bond acceptors (Lipinski definition) is 8. The zero-order valence-corrected chi connectivity index (χ0v) is 19.6. The first-order valence-corrected chi connectivity index (χ1v) is 12.3. The van der Waals surface area contributed by atoms with Crippen LogP contribution in [0, 0.1) is 40.4 Å². The Hall–Kier alpha value is -0.320. The van der Waals surface area contributed by atoms with E-state index in [0.717, 1.165) is 19.5 Å². The number of rotatable bonds is 5. The van der Waals surface area contributed by atoms with Gasteiger partial charge in [0.15, 0.2) is 0 Å². The van der Waals surface area contributed by atoms with Gasteiger partial charge in [-0.15, -0.1) is 0 Å². The predicted octanol–water partition coefficient (Wildman–Crippen LogP) is -0.527. The molecule has 14 atom stereocenters. The lowest BCUT2D eigenvalue weighted by Gasteiger charge is -2.69. The van der Waals surface area contributed by atoms with Gasteiger partial charge in [-0.1, -0.05) is 6.92 Å². The van der Waals surface area contributed by atoms with Crippen molar-refractivity contribution < 1.29 is 34.6 Å². The molecule has 0 aromatic carbocycles. The Labute approximate surface area is 189 Å². The van der Waals surface area contributed by atoms with E-state index in [1.165, 1.54) is 0 Å². The molecule has 8 heteroatoms. The van der Waals surface area contributed by atoms with Crippen molar-refractivity contribution in [2.24, 2.45) is 40.4 Å². The highest BCUT2D eigenvalue weighted by Crippen LogP contribution is 2.79. The zero-order valence-electron chi connectivity index (χ0n) is 19.6. The van der Waals surface area contributed by atoms with Gasteiger partial charge in [-0.3, -0.25) is 4.90 Å². The van der Waals surface area contributed by atoms with Crippen LogP contribution in [0.4, 0.5) is 0 Å². The summed E-state index contributed by atoms with van der Waals surface area (Å²) in [5.41, 5.74) is -2.24. The quantitative estimate of drug-likeness (QED) is 0.440. The highest BCUT2D eigenvalue weighted by Gasteiger charge is 2.87. The Morgan fingerprint density at radius 1 is 1.03 bits per heavy atom. The molecule has 0 unspecified atom stereocenters. The van der Waals surface area contributed by atoms with Crippen LogP contribution in [-0.2, 0) is 14.2 Å². The number of aliphatic hydroxyl groups is 4. The zero-order chi connectivity index (χ0) is 22.8. The molecule has 5 aliphatic carbocycles. The predicted molar refractivity (Wildman–Crippen MR) is 114 cm³/mol. The first-order chi connectivity index (χ1) is 15.3. The van der Waals surface area contributed by atoms with Crippen molar-refractivity contribution in [3.63, 3.8) is 0 Å². The van der Waals surface area contributed by atoms with Crippen molar-refractivity contribution in [3.8, 4) is 0 Å². The minimum atomic E-state index is -1.54. The van der Waals surface area contributed by atoms with Crippen LogP contribution < -0.4 is 0 Å². The summed E-state index contributed by atoms with van der Waals surface area (Å²) in [5, 5.41) is 47.3. The van der Waals surface area contributed by atoms with Gasteiger partial charge < -0.3 is 34.6 Å². The van der Waals surface area contributed by atoms with Crippen molar-refractivity contribution >= 4 is 0 Å². The Morgan fingerprint density at radius 2 is 1.75 bits per heavy atom. The standard InChI is InChI=1S/C24H39NO7/c1-5-25-9-22(10-30-2)7-6-13(26)23-12-8-11-16(27)14(12)24(29,21(28)17(11)31-3)15(20(23)25)18(32-4)19(22)23/h11-21,26-29H,5-10H2,1-4H3/t11-,12-,13+,14-,15-,16+,17+,18-,19+,20+,21+,22+,23+,24+/m1/s1. The maximum atomic E-state index is 12.5. The normalized spacial score (nSPS) is 62.4. The average molecular weight is 454 g/mol. The summed E-state index contributed by atoms with van der Waals surface area (Å²) in [6.45, 7) is 4.33. The van der Waals surface area contributed by atoms with Crippen LogP contribution >= 0.6 is 0 Å². The molecule has 0 amide bonds. The number of hydrogen-bond donors (Lipinski definition) is 4. The van der Waals surface area contributed by atoms with Crippen LogP contribution in [0.1, 0.15) is 26.2 Å². The fourth-order valence-corrected chi connectivity index (χ4v) is 10.7. The second kappa shape index (κ2) is 6.88. The summed E-state index contributed by atoms with van der Waals surface area (Å²) in [4.78, 5) is 2.42. The van der Waals surface area contributed by atoms with E-state index in [4.69, 9.17) is 14.2 Å². The summed E-state index contributed by atoms with van der Waals surface area (Å²) in [5.74, 6) is -1.29. The summed E-state index contributed by atoms with van der Waals surface area (Å²) < 4.78 is 17.7. The fourth-order valence-electron chi connectivity index (χ4n) is 10.7. The number of ether oxygens (including phenoxy) is 3. The van der Waals surface area contributed by atoms with Crippen LogP contribution in [0.5, 0.6) is 0 Å². The lowest BCUT2D eigenvalue weighted by Crippen LogP contribution is -2.78. The highest BCUT2D eigenvalue weighted by molar-refractivity contribution is 5.36. The van der Waals surface area contributed by atoms with Gasteiger partial charge in [0, 0.05) is 68.4 Å². The van der Waals surface area contributed by atoms with Crippen LogP contribution in [-0.4, -0.2) is 109 Å². The van der Waals surface area contributed by atoms with Crippen molar-refractivity contribution in [2.45, 2.75) is 68.3 Å². The molecule has 7 bridgehead atoms. The number of likely N-dealkylation sites (tertiary alicyclic amines) is 1. The molecule has 6 fully saturated rings. The Kier molecular flexibility index (Phi) is 4.76. The number of piperidine rings is 1. The van der Waals surface area contributed by atoms with E-state index in [1.807, 2.05) is 0 Å². The third-order valence-electron chi connectivity index (χ3n) is 11.2. The molecule has 5 saturated carbocycles. The Bertz CT molecular complexity index is 783. The van der Waals surface area contributed by atoms with Crippen molar-refractivity contribution in [1.82, 2.24) is 4.90 Å². The molecule has 0 aromatic heterocycles. The maximum absolute atomic E-state index is 12.5. The summed E-state index contributed by atoms with van der Waals surface area (Å²) >= 11 is 0. The van der Waals surface area contributed by atoms with Crippen LogP contribution in [0.25, 0.3) is 0 Å². The second-order valence-corrected chi connectivity index (χ2v) is 11.6. The average Bonchev–Trinajstić information content (AvgIpc) is 3.19. The fraction of sp³-hybridized carbons (Fsp3) is 1.00. The van der Waals surface area contributed by atoms with Gasteiger partial charge in [0.05, 0.1) is 31.0 Å². The van der Waals surface area contributed by atoms with Gasteiger partial charge in [0.2, 0.25) is 0 Å². The van der Waals surface area contributed by atoms with E-state index in [-0.39, 0.29) is 35.3 Å². The molecule has 6 aliphatic rings. The molecular weight excluding hydrogens is 414 g/mol. The molecule has 4 N–H and O–H groups in total. The van der Waals surface area contributed by atoms with Crippen LogP contribution in [0.15, 0.2) is 0 Å².